The number of hydrogen-bond acceptors (Lipinski definition) is 3. The van der Waals surface area contributed by atoms with Gasteiger partial charge in [-0.3, -0.25) is 4.72 Å². The third-order valence-electron chi connectivity index (χ3n) is 1.66. The molecule has 0 aliphatic rings. The summed E-state index contributed by atoms with van der Waals surface area (Å²) in [7, 11) is -5.35. The van der Waals surface area contributed by atoms with Crippen LogP contribution in [-0.2, 0) is 10.0 Å². The highest BCUT2D eigenvalue weighted by atomic mass is 32.2. The Morgan fingerprint density at radius 2 is 1.81 bits per heavy atom. The Balaban J connectivity index is 3.06. The first kappa shape index (κ1) is 13.2. The van der Waals surface area contributed by atoms with Crippen LogP contribution >= 0.6 is 11.8 Å². The van der Waals surface area contributed by atoms with Crippen LogP contribution in [0.4, 0.5) is 18.9 Å². The van der Waals surface area contributed by atoms with Crippen molar-refractivity contribution in [2.45, 2.75) is 10.4 Å². The minimum Gasteiger partial charge on any atom is -0.275 e. The summed E-state index contributed by atoms with van der Waals surface area (Å²) in [5.41, 5.74) is -5.38. The zero-order valence-corrected chi connectivity index (χ0v) is 9.71. The van der Waals surface area contributed by atoms with Crippen LogP contribution in [0.1, 0.15) is 0 Å². The zero-order valence-electron chi connectivity index (χ0n) is 8.08. The largest absolute Gasteiger partial charge is 0.516 e. The fraction of sp³-hybridized carbons (Fsp3) is 0.250. The van der Waals surface area contributed by atoms with Crippen molar-refractivity contribution in [3.8, 4) is 0 Å². The van der Waals surface area contributed by atoms with Crippen molar-refractivity contribution in [3.05, 3.63) is 24.3 Å². The lowest BCUT2D eigenvalue weighted by Gasteiger charge is -2.12. The average molecular weight is 271 g/mol. The molecular formula is C8H8F3NO2S2. The van der Waals surface area contributed by atoms with E-state index in [2.05, 4.69) is 0 Å². The highest BCUT2D eigenvalue weighted by molar-refractivity contribution is 7.99. The second kappa shape index (κ2) is 4.54. The number of rotatable bonds is 3. The van der Waals surface area contributed by atoms with Gasteiger partial charge in [0.25, 0.3) is 0 Å². The van der Waals surface area contributed by atoms with Crippen LogP contribution in [0, 0.1) is 0 Å². The molecule has 0 saturated carbocycles. The quantitative estimate of drug-likeness (QED) is 0.860. The number of benzene rings is 1. The van der Waals surface area contributed by atoms with E-state index < -0.39 is 15.5 Å². The lowest BCUT2D eigenvalue weighted by atomic mass is 10.3. The fourth-order valence-corrected chi connectivity index (χ4v) is 2.13. The molecule has 0 radical (unpaired) electrons. The normalized spacial score (nSPS) is 12.5. The maximum absolute atomic E-state index is 12.1. The van der Waals surface area contributed by atoms with Crippen molar-refractivity contribution in [1.29, 1.82) is 0 Å². The molecule has 0 spiro atoms. The molecule has 0 aliphatic heterocycles. The van der Waals surface area contributed by atoms with Gasteiger partial charge in [0.15, 0.2) is 0 Å². The molecule has 90 valence electrons. The van der Waals surface area contributed by atoms with Crippen molar-refractivity contribution in [1.82, 2.24) is 0 Å². The lowest BCUT2D eigenvalue weighted by molar-refractivity contribution is -0.0429. The van der Waals surface area contributed by atoms with Gasteiger partial charge in [0.2, 0.25) is 0 Å². The lowest BCUT2D eigenvalue weighted by Crippen LogP contribution is -2.30. The van der Waals surface area contributed by atoms with Crippen LogP contribution < -0.4 is 4.72 Å². The SMILES string of the molecule is CSc1ccccc1NS(=O)(=O)C(F)(F)F. The number of halogens is 3. The Morgan fingerprint density at radius 3 is 2.31 bits per heavy atom. The predicted octanol–water partition coefficient (Wildman–Crippen LogP) is 2.67. The van der Waals surface area contributed by atoms with Gasteiger partial charge in [0.1, 0.15) is 0 Å². The molecule has 0 saturated heterocycles. The molecule has 0 aliphatic carbocycles. The van der Waals surface area contributed by atoms with E-state index in [1.54, 1.807) is 12.3 Å². The summed E-state index contributed by atoms with van der Waals surface area (Å²) >= 11 is 1.15. The third-order valence-corrected chi connectivity index (χ3v) is 3.55. The summed E-state index contributed by atoms with van der Waals surface area (Å²) in [5.74, 6) is 0. The van der Waals surface area contributed by atoms with Crippen LogP contribution in [-0.4, -0.2) is 20.2 Å². The monoisotopic (exact) mass is 271 g/mol. The molecule has 0 unspecified atom stereocenters. The van der Waals surface area contributed by atoms with Crippen LogP contribution in [0.25, 0.3) is 0 Å². The Labute approximate surface area is 95.1 Å². The predicted molar refractivity (Wildman–Crippen MR) is 56.8 cm³/mol. The molecule has 0 aromatic heterocycles. The molecule has 1 rings (SSSR count). The molecule has 0 bridgehead atoms. The molecule has 0 fully saturated rings. The third kappa shape index (κ3) is 2.82. The minimum absolute atomic E-state index is 0.0766. The van der Waals surface area contributed by atoms with E-state index in [0.29, 0.717) is 4.90 Å². The molecular weight excluding hydrogens is 263 g/mol. The molecule has 3 nitrogen and oxygen atoms in total. The fourth-order valence-electron chi connectivity index (χ4n) is 0.932. The summed E-state index contributed by atoms with van der Waals surface area (Å²) in [6, 6.07) is 5.86. The first-order chi connectivity index (χ1) is 7.28. The highest BCUT2D eigenvalue weighted by Gasteiger charge is 2.46. The molecule has 0 amide bonds. The molecule has 8 heteroatoms. The van der Waals surface area contributed by atoms with Gasteiger partial charge in [-0.25, -0.2) is 0 Å². The van der Waals surface area contributed by atoms with Crippen molar-refractivity contribution in [2.24, 2.45) is 0 Å². The van der Waals surface area contributed by atoms with E-state index in [9.17, 15) is 21.6 Å². The average Bonchev–Trinajstić information content (AvgIpc) is 2.16. The number of alkyl halides is 3. The van der Waals surface area contributed by atoms with Crippen LogP contribution in [0.5, 0.6) is 0 Å². The molecule has 1 N–H and O–H groups in total. The maximum atomic E-state index is 12.1. The highest BCUT2D eigenvalue weighted by Crippen LogP contribution is 2.30. The van der Waals surface area contributed by atoms with Crippen molar-refractivity contribution in [3.63, 3.8) is 0 Å². The minimum atomic E-state index is -5.35. The van der Waals surface area contributed by atoms with Gasteiger partial charge in [0, 0.05) is 4.90 Å². The summed E-state index contributed by atoms with van der Waals surface area (Å²) in [4.78, 5) is 0.426. The van der Waals surface area contributed by atoms with Crippen LogP contribution in [0.15, 0.2) is 29.2 Å². The number of para-hydroxylation sites is 1. The van der Waals surface area contributed by atoms with Crippen LogP contribution in [0.2, 0.25) is 0 Å². The first-order valence-corrected chi connectivity index (χ1v) is 6.71. The molecule has 1 aromatic rings. The number of hydrogen-bond donors (Lipinski definition) is 1. The molecule has 16 heavy (non-hydrogen) atoms. The number of nitrogens with one attached hydrogen (secondary N) is 1. The smallest absolute Gasteiger partial charge is 0.275 e. The number of anilines is 1. The standard InChI is InChI=1S/C8H8F3NO2S2/c1-15-7-5-3-2-4-6(7)12-16(13,14)8(9,10)11/h2-5,12H,1H3. The van der Waals surface area contributed by atoms with Gasteiger partial charge >= 0.3 is 15.5 Å². The Bertz CT molecular complexity index is 470. The summed E-state index contributed by atoms with van der Waals surface area (Å²) in [5, 5.41) is 0. The molecule has 0 heterocycles. The Hall–Kier alpha value is -0.890. The summed E-state index contributed by atoms with van der Waals surface area (Å²) in [6.07, 6.45) is 1.64. The van der Waals surface area contributed by atoms with Gasteiger partial charge in [-0.2, -0.15) is 21.6 Å². The van der Waals surface area contributed by atoms with Crippen LogP contribution in [0.3, 0.4) is 0 Å². The van der Waals surface area contributed by atoms with E-state index in [1.807, 2.05) is 0 Å². The Kier molecular flexibility index (Phi) is 3.74. The summed E-state index contributed by atoms with van der Waals surface area (Å²) < 4.78 is 59.5. The van der Waals surface area contributed by atoms with E-state index in [4.69, 9.17) is 0 Å². The van der Waals surface area contributed by atoms with Gasteiger partial charge in [-0.15, -0.1) is 11.8 Å². The van der Waals surface area contributed by atoms with Gasteiger partial charge < -0.3 is 0 Å². The van der Waals surface area contributed by atoms with E-state index in [1.165, 1.54) is 22.9 Å². The number of sulfonamides is 1. The van der Waals surface area contributed by atoms with Gasteiger partial charge in [-0.05, 0) is 18.4 Å². The van der Waals surface area contributed by atoms with E-state index >= 15 is 0 Å². The summed E-state index contributed by atoms with van der Waals surface area (Å²) in [6.45, 7) is 0. The van der Waals surface area contributed by atoms with Crippen molar-refractivity contribution >= 4 is 27.5 Å². The number of thioether (sulfide) groups is 1. The van der Waals surface area contributed by atoms with E-state index in [-0.39, 0.29) is 5.69 Å². The van der Waals surface area contributed by atoms with Crippen molar-refractivity contribution in [2.75, 3.05) is 11.0 Å². The Morgan fingerprint density at radius 1 is 1.25 bits per heavy atom. The van der Waals surface area contributed by atoms with Gasteiger partial charge in [0.05, 0.1) is 5.69 Å². The zero-order chi connectivity index (χ0) is 12.4. The molecule has 1 aromatic carbocycles. The van der Waals surface area contributed by atoms with Crippen molar-refractivity contribution < 1.29 is 21.6 Å². The first-order valence-electron chi connectivity index (χ1n) is 4.00. The second-order valence-electron chi connectivity index (χ2n) is 2.75. The topological polar surface area (TPSA) is 46.2 Å². The second-order valence-corrected chi connectivity index (χ2v) is 5.27. The molecule has 0 atom stereocenters. The maximum Gasteiger partial charge on any atom is 0.516 e. The van der Waals surface area contributed by atoms with Gasteiger partial charge in [-0.1, -0.05) is 12.1 Å². The van der Waals surface area contributed by atoms with E-state index in [0.717, 1.165) is 11.8 Å².